The molecule has 14 heavy (non-hydrogen) atoms. The normalized spacial score (nSPS) is 9.07. The lowest BCUT2D eigenvalue weighted by Crippen LogP contribution is -1.99. The summed E-state index contributed by atoms with van der Waals surface area (Å²) in [6.07, 6.45) is 0. The van der Waals surface area contributed by atoms with Crippen molar-refractivity contribution in [2.45, 2.75) is 20.8 Å². The number of ether oxygens (including phenoxy) is 1. The molecule has 0 radical (unpaired) electrons. The predicted molar refractivity (Wildman–Crippen MR) is 51.7 cm³/mol. The Morgan fingerprint density at radius 1 is 1.57 bits per heavy atom. The van der Waals surface area contributed by atoms with Crippen molar-refractivity contribution in [3.05, 3.63) is 23.2 Å². The molecule has 0 aromatic carbocycles. The van der Waals surface area contributed by atoms with Crippen LogP contribution in [0.1, 0.15) is 24.0 Å². The van der Waals surface area contributed by atoms with Crippen molar-refractivity contribution >= 4 is 5.97 Å². The van der Waals surface area contributed by atoms with Crippen molar-refractivity contribution in [1.29, 1.82) is 0 Å². The third-order valence-corrected chi connectivity index (χ3v) is 1.73. The molecule has 0 fully saturated rings. The molecule has 1 aromatic rings. The van der Waals surface area contributed by atoms with Crippen LogP contribution < -0.4 is 0 Å². The van der Waals surface area contributed by atoms with Crippen LogP contribution in [0.2, 0.25) is 0 Å². The van der Waals surface area contributed by atoms with E-state index in [2.05, 4.69) is 16.6 Å². The maximum atomic E-state index is 10.9. The van der Waals surface area contributed by atoms with Crippen LogP contribution in [0.15, 0.2) is 10.5 Å². The van der Waals surface area contributed by atoms with Crippen molar-refractivity contribution in [2.24, 2.45) is 0 Å². The average molecular weight is 192 g/mol. The minimum Gasteiger partial charge on any atom is -0.456 e. The zero-order valence-electron chi connectivity index (χ0n) is 8.51. The number of rotatable bonds is 1. The number of esters is 1. The highest BCUT2D eigenvalue weighted by Gasteiger charge is 2.00. The molecule has 0 atom stereocenters. The van der Waals surface area contributed by atoms with E-state index < -0.39 is 5.97 Å². The number of furan rings is 1. The Bertz CT molecular complexity index is 371. The molecule has 74 valence electrons. The van der Waals surface area contributed by atoms with Gasteiger partial charge in [0.25, 0.3) is 0 Å². The van der Waals surface area contributed by atoms with Crippen molar-refractivity contribution < 1.29 is 13.9 Å². The fourth-order valence-electron chi connectivity index (χ4n) is 0.915. The minimum absolute atomic E-state index is 0.337. The molecule has 0 aliphatic carbocycles. The standard InChI is InChI=1S/C11H12O3/c1-4-13-11(12)6-5-10-7-8(2)9(3)14-10/h7H,4H2,1-3H3. The molecule has 0 unspecified atom stereocenters. The van der Waals surface area contributed by atoms with Crippen LogP contribution in [0.25, 0.3) is 0 Å². The molecule has 1 aromatic heterocycles. The summed E-state index contributed by atoms with van der Waals surface area (Å²) >= 11 is 0. The van der Waals surface area contributed by atoms with E-state index in [1.54, 1.807) is 13.0 Å². The average Bonchev–Trinajstić information content (AvgIpc) is 2.44. The summed E-state index contributed by atoms with van der Waals surface area (Å²) < 4.78 is 9.91. The van der Waals surface area contributed by atoms with Gasteiger partial charge >= 0.3 is 5.97 Å². The highest BCUT2D eigenvalue weighted by atomic mass is 16.5. The Hall–Kier alpha value is -1.69. The highest BCUT2D eigenvalue weighted by Crippen LogP contribution is 2.11. The zero-order valence-corrected chi connectivity index (χ0v) is 8.51. The first-order valence-corrected chi connectivity index (χ1v) is 4.39. The van der Waals surface area contributed by atoms with Crippen LogP contribution in [-0.2, 0) is 9.53 Å². The molecule has 3 nitrogen and oxygen atoms in total. The highest BCUT2D eigenvalue weighted by molar-refractivity contribution is 5.88. The molecular formula is C11H12O3. The van der Waals surface area contributed by atoms with E-state index >= 15 is 0 Å². The van der Waals surface area contributed by atoms with Crippen LogP contribution in [-0.4, -0.2) is 12.6 Å². The van der Waals surface area contributed by atoms with Gasteiger partial charge in [-0.25, -0.2) is 4.79 Å². The van der Waals surface area contributed by atoms with Crippen molar-refractivity contribution in [3.63, 3.8) is 0 Å². The van der Waals surface area contributed by atoms with Gasteiger partial charge in [-0.15, -0.1) is 0 Å². The monoisotopic (exact) mass is 192 g/mol. The van der Waals surface area contributed by atoms with Gasteiger partial charge in [-0.05, 0) is 38.3 Å². The van der Waals surface area contributed by atoms with Gasteiger partial charge in [0, 0.05) is 5.92 Å². The predicted octanol–water partition coefficient (Wildman–Crippen LogP) is 1.81. The second-order valence-corrected chi connectivity index (χ2v) is 2.82. The largest absolute Gasteiger partial charge is 0.456 e. The summed E-state index contributed by atoms with van der Waals surface area (Å²) in [5.41, 5.74) is 1.03. The molecule has 0 saturated carbocycles. The molecule has 0 amide bonds. The lowest BCUT2D eigenvalue weighted by atomic mass is 10.3. The number of aryl methyl sites for hydroxylation is 2. The van der Waals surface area contributed by atoms with E-state index in [1.165, 1.54) is 0 Å². The summed E-state index contributed by atoms with van der Waals surface area (Å²) in [6, 6.07) is 1.79. The van der Waals surface area contributed by atoms with Crippen LogP contribution >= 0.6 is 0 Å². The molecular weight excluding hydrogens is 180 g/mol. The number of carbonyl (C=O) groups is 1. The zero-order chi connectivity index (χ0) is 10.6. The van der Waals surface area contributed by atoms with E-state index in [9.17, 15) is 4.79 Å². The second-order valence-electron chi connectivity index (χ2n) is 2.82. The van der Waals surface area contributed by atoms with Crippen LogP contribution in [0.3, 0.4) is 0 Å². The SMILES string of the molecule is CCOC(=O)C#Cc1cc(C)c(C)o1. The third-order valence-electron chi connectivity index (χ3n) is 1.73. The van der Waals surface area contributed by atoms with Gasteiger partial charge in [0.05, 0.1) is 6.61 Å². The summed E-state index contributed by atoms with van der Waals surface area (Å²) in [4.78, 5) is 10.9. The van der Waals surface area contributed by atoms with E-state index in [0.717, 1.165) is 11.3 Å². The molecule has 0 aliphatic rings. The van der Waals surface area contributed by atoms with Crippen molar-refractivity contribution in [2.75, 3.05) is 6.61 Å². The second kappa shape index (κ2) is 4.52. The number of hydrogen-bond acceptors (Lipinski definition) is 3. The molecule has 1 heterocycles. The smallest absolute Gasteiger partial charge is 0.384 e. The van der Waals surface area contributed by atoms with Crippen LogP contribution in [0.5, 0.6) is 0 Å². The summed E-state index contributed by atoms with van der Waals surface area (Å²) in [5, 5.41) is 0. The van der Waals surface area contributed by atoms with E-state index in [-0.39, 0.29) is 0 Å². The van der Waals surface area contributed by atoms with Gasteiger partial charge in [-0.2, -0.15) is 0 Å². The van der Waals surface area contributed by atoms with Gasteiger partial charge in [-0.3, -0.25) is 0 Å². The maximum absolute atomic E-state index is 10.9. The summed E-state index contributed by atoms with van der Waals surface area (Å²) in [6.45, 7) is 5.85. The summed E-state index contributed by atoms with van der Waals surface area (Å²) in [5.74, 6) is 5.72. The first kappa shape index (κ1) is 10.4. The van der Waals surface area contributed by atoms with Gasteiger partial charge in [0.2, 0.25) is 0 Å². The Morgan fingerprint density at radius 2 is 2.29 bits per heavy atom. The first-order chi connectivity index (χ1) is 6.63. The minimum atomic E-state index is -0.529. The lowest BCUT2D eigenvalue weighted by molar-refractivity contribution is -0.136. The fourth-order valence-corrected chi connectivity index (χ4v) is 0.915. The number of carbonyl (C=O) groups excluding carboxylic acids is 1. The summed E-state index contributed by atoms with van der Waals surface area (Å²) in [7, 11) is 0. The van der Waals surface area contributed by atoms with Crippen molar-refractivity contribution in [1.82, 2.24) is 0 Å². The Morgan fingerprint density at radius 3 is 2.79 bits per heavy atom. The lowest BCUT2D eigenvalue weighted by Gasteiger charge is -1.89. The Balaban J connectivity index is 2.72. The fraction of sp³-hybridized carbons (Fsp3) is 0.364. The molecule has 0 spiro atoms. The van der Waals surface area contributed by atoms with Gasteiger partial charge in [0.15, 0.2) is 5.76 Å². The molecule has 1 rings (SSSR count). The number of hydrogen-bond donors (Lipinski definition) is 0. The van der Waals surface area contributed by atoms with Gasteiger partial charge in [0.1, 0.15) is 5.76 Å². The van der Waals surface area contributed by atoms with E-state index in [0.29, 0.717) is 12.4 Å². The van der Waals surface area contributed by atoms with Gasteiger partial charge in [-0.1, -0.05) is 0 Å². The van der Waals surface area contributed by atoms with E-state index in [4.69, 9.17) is 4.42 Å². The van der Waals surface area contributed by atoms with E-state index in [1.807, 2.05) is 13.8 Å². The topological polar surface area (TPSA) is 39.4 Å². The van der Waals surface area contributed by atoms with Crippen LogP contribution in [0, 0.1) is 25.7 Å². The third kappa shape index (κ3) is 2.67. The quantitative estimate of drug-likeness (QED) is 0.503. The molecule has 3 heteroatoms. The van der Waals surface area contributed by atoms with Crippen molar-refractivity contribution in [3.8, 4) is 11.8 Å². The van der Waals surface area contributed by atoms with Gasteiger partial charge < -0.3 is 9.15 Å². The van der Waals surface area contributed by atoms with Crippen LogP contribution in [0.4, 0.5) is 0 Å². The maximum Gasteiger partial charge on any atom is 0.384 e. The Kier molecular flexibility index (Phi) is 3.35. The molecule has 0 aliphatic heterocycles. The first-order valence-electron chi connectivity index (χ1n) is 4.39. The molecule has 0 N–H and O–H groups in total. The Labute approximate surface area is 83.1 Å². The molecule has 0 saturated heterocycles. The molecule has 0 bridgehead atoms.